The van der Waals surface area contributed by atoms with Gasteiger partial charge in [0.1, 0.15) is 0 Å². The number of amides is 2. The summed E-state index contributed by atoms with van der Waals surface area (Å²) < 4.78 is 47.9. The van der Waals surface area contributed by atoms with Crippen LogP contribution in [-0.2, 0) is 9.53 Å². The number of pyridine rings is 1. The third kappa shape index (κ3) is 6.74. The molecule has 2 amide bonds. The van der Waals surface area contributed by atoms with E-state index in [0.29, 0.717) is 31.3 Å². The lowest BCUT2D eigenvalue weighted by Crippen LogP contribution is -2.41. The highest BCUT2D eigenvalue weighted by atomic mass is 32.1. The zero-order valence-electron chi connectivity index (χ0n) is 19.0. The molecule has 2 N–H and O–H groups in total. The summed E-state index contributed by atoms with van der Waals surface area (Å²) in [7, 11) is 0. The first-order chi connectivity index (χ1) is 17.2. The van der Waals surface area contributed by atoms with Crippen molar-refractivity contribution in [3.63, 3.8) is 0 Å². The highest BCUT2D eigenvalue weighted by Crippen LogP contribution is 2.32. The van der Waals surface area contributed by atoms with Crippen LogP contribution in [0.5, 0.6) is 5.75 Å². The van der Waals surface area contributed by atoms with E-state index in [0.717, 1.165) is 40.7 Å². The largest absolute Gasteiger partial charge is 0.573 e. The number of aromatic nitrogens is 3. The van der Waals surface area contributed by atoms with Crippen molar-refractivity contribution >= 4 is 34.0 Å². The van der Waals surface area contributed by atoms with Crippen molar-refractivity contribution in [2.24, 2.45) is 0 Å². The van der Waals surface area contributed by atoms with Gasteiger partial charge in [0.15, 0.2) is 10.8 Å². The van der Waals surface area contributed by atoms with Gasteiger partial charge in [0, 0.05) is 36.6 Å². The maximum absolute atomic E-state index is 12.9. The number of nitrogens with zero attached hydrogens (tertiary/aromatic N) is 4. The summed E-state index contributed by atoms with van der Waals surface area (Å²) in [5.41, 5.74) is 1.38. The van der Waals surface area contributed by atoms with Crippen LogP contribution in [0, 0.1) is 6.92 Å². The Hall–Kier alpha value is -3.62. The van der Waals surface area contributed by atoms with Crippen molar-refractivity contribution in [1.82, 2.24) is 20.1 Å². The van der Waals surface area contributed by atoms with Gasteiger partial charge < -0.3 is 14.8 Å². The fraction of sp³-hybridized carbons (Fsp3) is 0.318. The van der Waals surface area contributed by atoms with Crippen LogP contribution in [0.2, 0.25) is 0 Å². The zero-order valence-corrected chi connectivity index (χ0v) is 19.8. The molecule has 14 heteroatoms. The van der Waals surface area contributed by atoms with E-state index in [1.54, 1.807) is 17.3 Å². The quantitative estimate of drug-likeness (QED) is 0.485. The van der Waals surface area contributed by atoms with Gasteiger partial charge in [-0.15, -0.1) is 23.4 Å². The Morgan fingerprint density at radius 2 is 1.94 bits per heavy atom. The first kappa shape index (κ1) is 25.5. The van der Waals surface area contributed by atoms with E-state index in [-0.39, 0.29) is 22.9 Å². The van der Waals surface area contributed by atoms with E-state index in [2.05, 4.69) is 30.6 Å². The highest BCUT2D eigenvalue weighted by molar-refractivity contribution is 7.18. The first-order valence-corrected chi connectivity index (χ1v) is 11.6. The number of anilines is 2. The second-order valence-electron chi connectivity index (χ2n) is 7.75. The molecule has 1 saturated heterocycles. The third-order valence-electron chi connectivity index (χ3n) is 5.13. The normalized spacial score (nSPS) is 14.3. The number of ether oxygens (including phenoxy) is 2. The van der Waals surface area contributed by atoms with E-state index in [1.807, 2.05) is 13.0 Å². The Kier molecular flexibility index (Phi) is 7.76. The average Bonchev–Trinajstić information content (AvgIpc) is 3.28. The number of hydrogen-bond acceptors (Lipinski definition) is 9. The van der Waals surface area contributed by atoms with E-state index in [4.69, 9.17) is 4.74 Å². The van der Waals surface area contributed by atoms with E-state index >= 15 is 0 Å². The summed E-state index contributed by atoms with van der Waals surface area (Å²) in [5.74, 6) is -1.84. The van der Waals surface area contributed by atoms with Crippen LogP contribution < -0.4 is 15.4 Å². The summed E-state index contributed by atoms with van der Waals surface area (Å²) >= 11 is 1.12. The maximum atomic E-state index is 12.9. The SMILES string of the molecule is Cc1ccncc1-c1nnc(NC(=O)c2ccc(OC(F)(F)F)c(NC(=O)CN3CCOCC3)c2)s1. The molecule has 190 valence electrons. The van der Waals surface area contributed by atoms with Gasteiger partial charge in [0.2, 0.25) is 11.0 Å². The molecule has 1 aliphatic heterocycles. The second-order valence-corrected chi connectivity index (χ2v) is 8.73. The molecule has 0 radical (unpaired) electrons. The molecule has 3 heterocycles. The van der Waals surface area contributed by atoms with Gasteiger partial charge in [-0.3, -0.25) is 24.8 Å². The van der Waals surface area contributed by atoms with Gasteiger partial charge >= 0.3 is 6.36 Å². The molecule has 0 spiro atoms. The fourth-order valence-electron chi connectivity index (χ4n) is 3.37. The van der Waals surface area contributed by atoms with Crippen molar-refractivity contribution in [3.05, 3.63) is 47.8 Å². The summed E-state index contributed by atoms with van der Waals surface area (Å²) in [6.45, 7) is 3.79. The highest BCUT2D eigenvalue weighted by Gasteiger charge is 2.32. The summed E-state index contributed by atoms with van der Waals surface area (Å²) in [4.78, 5) is 31.1. The van der Waals surface area contributed by atoms with E-state index in [1.165, 1.54) is 0 Å². The van der Waals surface area contributed by atoms with E-state index in [9.17, 15) is 22.8 Å². The Balaban J connectivity index is 1.50. The van der Waals surface area contributed by atoms with Crippen LogP contribution in [0.25, 0.3) is 10.6 Å². The van der Waals surface area contributed by atoms with Gasteiger partial charge in [-0.05, 0) is 36.8 Å². The van der Waals surface area contributed by atoms with Crippen LogP contribution in [0.4, 0.5) is 24.0 Å². The molecule has 0 unspecified atom stereocenters. The zero-order chi connectivity index (χ0) is 25.7. The van der Waals surface area contributed by atoms with Crippen molar-refractivity contribution in [1.29, 1.82) is 0 Å². The van der Waals surface area contributed by atoms with Gasteiger partial charge in [0.25, 0.3) is 5.91 Å². The van der Waals surface area contributed by atoms with Gasteiger partial charge in [-0.2, -0.15) is 0 Å². The van der Waals surface area contributed by atoms with Crippen molar-refractivity contribution in [2.75, 3.05) is 43.5 Å². The average molecular weight is 523 g/mol. The summed E-state index contributed by atoms with van der Waals surface area (Å²) in [6, 6.07) is 5.05. The lowest BCUT2D eigenvalue weighted by molar-refractivity contribution is -0.274. The van der Waals surface area contributed by atoms with Gasteiger partial charge in [0.05, 0.1) is 25.4 Å². The van der Waals surface area contributed by atoms with Crippen molar-refractivity contribution in [3.8, 4) is 16.3 Å². The van der Waals surface area contributed by atoms with Crippen LogP contribution in [0.3, 0.4) is 0 Å². The Labute approximate surface area is 207 Å². The maximum Gasteiger partial charge on any atom is 0.573 e. The van der Waals surface area contributed by atoms with Crippen molar-refractivity contribution in [2.45, 2.75) is 13.3 Å². The number of nitrogens with one attached hydrogen (secondary N) is 2. The lowest BCUT2D eigenvalue weighted by Gasteiger charge is -2.26. The second kappa shape index (κ2) is 11.0. The molecule has 2 aromatic heterocycles. The summed E-state index contributed by atoms with van der Waals surface area (Å²) in [5, 5.41) is 13.7. The van der Waals surface area contributed by atoms with Crippen LogP contribution in [0.1, 0.15) is 15.9 Å². The molecule has 1 fully saturated rings. The number of hydrogen-bond donors (Lipinski definition) is 2. The number of morpholine rings is 1. The fourth-order valence-corrected chi connectivity index (χ4v) is 4.19. The molecular weight excluding hydrogens is 501 g/mol. The monoisotopic (exact) mass is 522 g/mol. The third-order valence-corrected chi connectivity index (χ3v) is 6.00. The molecular formula is C22H21F3N6O4S. The molecule has 1 aliphatic rings. The molecule has 4 rings (SSSR count). The van der Waals surface area contributed by atoms with Gasteiger partial charge in [-0.25, -0.2) is 0 Å². The minimum absolute atomic E-state index is 0.0134. The van der Waals surface area contributed by atoms with Crippen LogP contribution in [0.15, 0.2) is 36.7 Å². The smallest absolute Gasteiger partial charge is 0.404 e. The molecule has 0 atom stereocenters. The predicted molar refractivity (Wildman–Crippen MR) is 125 cm³/mol. The van der Waals surface area contributed by atoms with Crippen LogP contribution >= 0.6 is 11.3 Å². The Bertz CT molecular complexity index is 1250. The number of halogens is 3. The minimum atomic E-state index is -4.99. The Morgan fingerprint density at radius 1 is 1.17 bits per heavy atom. The molecule has 1 aromatic carbocycles. The number of alkyl halides is 3. The van der Waals surface area contributed by atoms with Crippen molar-refractivity contribution < 1.29 is 32.2 Å². The molecule has 3 aromatic rings. The number of carbonyl (C=O) groups excluding carboxylic acids is 2. The Morgan fingerprint density at radius 3 is 2.67 bits per heavy atom. The summed E-state index contributed by atoms with van der Waals surface area (Å²) in [6.07, 6.45) is -1.71. The first-order valence-electron chi connectivity index (χ1n) is 10.7. The molecule has 10 nitrogen and oxygen atoms in total. The lowest BCUT2D eigenvalue weighted by atomic mass is 10.1. The number of rotatable bonds is 7. The number of aryl methyl sites for hydroxylation is 1. The number of benzene rings is 1. The van der Waals surface area contributed by atoms with Crippen LogP contribution in [-0.4, -0.2) is 71.1 Å². The van der Waals surface area contributed by atoms with Gasteiger partial charge in [-0.1, -0.05) is 11.3 Å². The minimum Gasteiger partial charge on any atom is -0.404 e. The number of carbonyl (C=O) groups is 2. The molecule has 0 aliphatic carbocycles. The van der Waals surface area contributed by atoms with E-state index < -0.39 is 23.9 Å². The standard InChI is InChI=1S/C22H21F3N6O4S/c1-13-4-5-26-11-15(13)20-29-30-21(36-20)28-19(33)14-2-3-17(35-22(23,24)25)16(10-14)27-18(32)12-31-6-8-34-9-7-31/h2-5,10-11H,6-9,12H2,1H3,(H,27,32)(H,28,30,33). The topological polar surface area (TPSA) is 119 Å². The molecule has 0 saturated carbocycles. The predicted octanol–water partition coefficient (Wildman–Crippen LogP) is 3.33. The molecule has 36 heavy (non-hydrogen) atoms. The molecule has 0 bridgehead atoms.